The van der Waals surface area contributed by atoms with E-state index < -0.39 is 10.0 Å². The highest BCUT2D eigenvalue weighted by molar-refractivity contribution is 7.89. The van der Waals surface area contributed by atoms with Gasteiger partial charge in [-0.05, 0) is 55.2 Å². The standard InChI is InChI=1S/C16H20N2O3S2/c1-18-14-5-4-13(8-15(14)22-16(18)19)23(20,21)17-9-12-7-10-2-3-11(12)6-10/h4-5,8,10-12,17H,2-3,6-7,9H2,1H3/t10-,11-,12+/m0/s1. The van der Waals surface area contributed by atoms with Crippen LogP contribution in [0.5, 0.6) is 0 Å². The molecule has 0 spiro atoms. The molecule has 1 heterocycles. The molecule has 2 aliphatic carbocycles. The molecule has 4 rings (SSSR count). The monoisotopic (exact) mass is 352 g/mol. The molecular formula is C16H20N2O3S2. The predicted octanol–water partition coefficient (Wildman–Crippen LogP) is 2.31. The molecule has 0 radical (unpaired) electrons. The molecule has 2 aromatic rings. The number of aryl methyl sites for hydroxylation is 1. The summed E-state index contributed by atoms with van der Waals surface area (Å²) in [6.07, 6.45) is 5.00. The molecule has 7 heteroatoms. The Labute approximate surface area is 139 Å². The number of sulfonamides is 1. The summed E-state index contributed by atoms with van der Waals surface area (Å²) in [4.78, 5) is 11.9. The zero-order valence-electron chi connectivity index (χ0n) is 13.0. The van der Waals surface area contributed by atoms with E-state index in [0.29, 0.717) is 23.1 Å². The molecule has 23 heavy (non-hydrogen) atoms. The quantitative estimate of drug-likeness (QED) is 0.918. The van der Waals surface area contributed by atoms with E-state index >= 15 is 0 Å². The number of benzene rings is 1. The number of rotatable bonds is 4. The Morgan fingerprint density at radius 2 is 2.13 bits per heavy atom. The van der Waals surface area contributed by atoms with Gasteiger partial charge < -0.3 is 4.57 Å². The van der Waals surface area contributed by atoms with Crippen LogP contribution in [0.3, 0.4) is 0 Å². The Morgan fingerprint density at radius 1 is 1.30 bits per heavy atom. The summed E-state index contributed by atoms with van der Waals surface area (Å²) in [7, 11) is -1.82. The van der Waals surface area contributed by atoms with Crippen molar-refractivity contribution in [1.29, 1.82) is 0 Å². The Balaban J connectivity index is 1.55. The Kier molecular flexibility index (Phi) is 3.62. The number of nitrogens with one attached hydrogen (secondary N) is 1. The third-order valence-corrected chi connectivity index (χ3v) is 7.91. The molecule has 2 bridgehead atoms. The molecule has 2 aliphatic rings. The molecule has 5 nitrogen and oxygen atoms in total. The van der Waals surface area contributed by atoms with Crippen molar-refractivity contribution in [2.24, 2.45) is 24.8 Å². The fraction of sp³-hybridized carbons (Fsp3) is 0.562. The number of aromatic nitrogens is 1. The Hall–Kier alpha value is -1.18. The average Bonchev–Trinajstić information content (AvgIpc) is 3.21. The lowest BCUT2D eigenvalue weighted by Crippen LogP contribution is -2.31. The lowest BCUT2D eigenvalue weighted by atomic mass is 9.89. The highest BCUT2D eigenvalue weighted by atomic mass is 32.2. The van der Waals surface area contributed by atoms with Crippen LogP contribution in [0.1, 0.15) is 25.7 Å². The molecule has 2 saturated carbocycles. The van der Waals surface area contributed by atoms with Crippen LogP contribution < -0.4 is 9.60 Å². The van der Waals surface area contributed by atoms with Gasteiger partial charge in [-0.3, -0.25) is 4.79 Å². The van der Waals surface area contributed by atoms with Crippen LogP contribution >= 0.6 is 11.3 Å². The van der Waals surface area contributed by atoms with E-state index in [1.807, 2.05) is 0 Å². The van der Waals surface area contributed by atoms with Crippen molar-refractivity contribution in [2.45, 2.75) is 30.6 Å². The van der Waals surface area contributed by atoms with E-state index in [1.165, 1.54) is 19.3 Å². The summed E-state index contributed by atoms with van der Waals surface area (Å²) >= 11 is 1.08. The number of thiazole rings is 1. The van der Waals surface area contributed by atoms with E-state index in [-0.39, 0.29) is 9.77 Å². The number of fused-ring (bicyclic) bond motifs is 3. The first-order valence-electron chi connectivity index (χ1n) is 8.03. The van der Waals surface area contributed by atoms with Crippen LogP contribution in [0, 0.1) is 17.8 Å². The summed E-state index contributed by atoms with van der Waals surface area (Å²) < 4.78 is 30.1. The molecule has 0 amide bonds. The number of hydrogen-bond acceptors (Lipinski definition) is 4. The van der Waals surface area contributed by atoms with Crippen LogP contribution in [0.15, 0.2) is 27.9 Å². The summed E-state index contributed by atoms with van der Waals surface area (Å²) in [5.74, 6) is 2.00. The van der Waals surface area contributed by atoms with Gasteiger partial charge in [0.05, 0.1) is 15.1 Å². The van der Waals surface area contributed by atoms with E-state index in [9.17, 15) is 13.2 Å². The van der Waals surface area contributed by atoms with E-state index in [4.69, 9.17) is 0 Å². The fourth-order valence-corrected chi connectivity index (χ4v) is 6.32. The van der Waals surface area contributed by atoms with E-state index in [0.717, 1.165) is 29.2 Å². The largest absolute Gasteiger partial charge is 0.307 e. The number of nitrogens with zero attached hydrogens (tertiary/aromatic N) is 1. The van der Waals surface area contributed by atoms with Gasteiger partial charge in [-0.25, -0.2) is 13.1 Å². The molecule has 124 valence electrons. The van der Waals surface area contributed by atoms with Crippen LogP contribution in [-0.2, 0) is 17.1 Å². The maximum Gasteiger partial charge on any atom is 0.307 e. The second-order valence-corrected chi connectivity index (χ2v) is 9.60. The lowest BCUT2D eigenvalue weighted by molar-refractivity contribution is 0.333. The first-order valence-corrected chi connectivity index (χ1v) is 10.3. The van der Waals surface area contributed by atoms with Gasteiger partial charge in [0.2, 0.25) is 10.0 Å². The normalized spacial score (nSPS) is 27.1. The third kappa shape index (κ3) is 2.64. The topological polar surface area (TPSA) is 68.2 Å². The second kappa shape index (κ2) is 5.43. The molecule has 1 N–H and O–H groups in total. The van der Waals surface area contributed by atoms with Gasteiger partial charge in [0.1, 0.15) is 0 Å². The number of hydrogen-bond donors (Lipinski definition) is 1. The van der Waals surface area contributed by atoms with Gasteiger partial charge in [-0.1, -0.05) is 17.8 Å². The van der Waals surface area contributed by atoms with Crippen molar-refractivity contribution in [3.63, 3.8) is 0 Å². The molecule has 1 aromatic carbocycles. The maximum atomic E-state index is 12.5. The highest BCUT2D eigenvalue weighted by Gasteiger charge is 2.39. The maximum absolute atomic E-state index is 12.5. The van der Waals surface area contributed by atoms with Crippen molar-refractivity contribution < 1.29 is 8.42 Å². The zero-order chi connectivity index (χ0) is 16.2. The van der Waals surface area contributed by atoms with Crippen LogP contribution in [0.4, 0.5) is 0 Å². The van der Waals surface area contributed by atoms with Crippen molar-refractivity contribution in [3.05, 3.63) is 27.9 Å². The molecule has 3 atom stereocenters. The summed E-state index contributed by atoms with van der Waals surface area (Å²) in [5, 5.41) is 0. The smallest absolute Gasteiger partial charge is 0.302 e. The minimum atomic E-state index is -3.51. The van der Waals surface area contributed by atoms with Gasteiger partial charge in [0.15, 0.2) is 0 Å². The second-order valence-electron chi connectivity index (χ2n) is 6.84. The van der Waals surface area contributed by atoms with Gasteiger partial charge in [-0.15, -0.1) is 0 Å². The van der Waals surface area contributed by atoms with Gasteiger partial charge in [0, 0.05) is 13.6 Å². The summed E-state index contributed by atoms with van der Waals surface area (Å²) in [6.45, 7) is 0.534. The SMILES string of the molecule is Cn1c(=O)sc2cc(S(=O)(=O)NC[C@H]3C[C@H]4CC[C@H]3C4)ccc21. The van der Waals surface area contributed by atoms with Gasteiger partial charge in [-0.2, -0.15) is 0 Å². The first-order chi connectivity index (χ1) is 10.9. The minimum Gasteiger partial charge on any atom is -0.302 e. The van der Waals surface area contributed by atoms with E-state index in [2.05, 4.69) is 4.72 Å². The van der Waals surface area contributed by atoms with Crippen LogP contribution in [0.25, 0.3) is 10.2 Å². The molecule has 1 aromatic heterocycles. The van der Waals surface area contributed by atoms with Crippen LogP contribution in [0.2, 0.25) is 0 Å². The molecule has 0 unspecified atom stereocenters. The predicted molar refractivity (Wildman–Crippen MR) is 91.2 cm³/mol. The molecule has 2 fully saturated rings. The summed E-state index contributed by atoms with van der Waals surface area (Å²) in [6, 6.07) is 4.89. The van der Waals surface area contributed by atoms with Gasteiger partial charge >= 0.3 is 4.87 Å². The fourth-order valence-electron chi connectivity index (χ4n) is 4.21. The van der Waals surface area contributed by atoms with Crippen LogP contribution in [-0.4, -0.2) is 19.5 Å². The molecule has 0 saturated heterocycles. The van der Waals surface area contributed by atoms with E-state index in [1.54, 1.807) is 29.8 Å². The lowest BCUT2D eigenvalue weighted by Gasteiger charge is -2.21. The Morgan fingerprint density at radius 3 is 2.83 bits per heavy atom. The Bertz CT molecular complexity index is 913. The molecule has 0 aliphatic heterocycles. The van der Waals surface area contributed by atoms with Crippen molar-refractivity contribution >= 4 is 31.6 Å². The summed E-state index contributed by atoms with van der Waals surface area (Å²) in [5.41, 5.74) is 0.770. The van der Waals surface area contributed by atoms with Crippen molar-refractivity contribution in [2.75, 3.05) is 6.54 Å². The van der Waals surface area contributed by atoms with Crippen molar-refractivity contribution in [1.82, 2.24) is 9.29 Å². The first kappa shape index (κ1) is 15.4. The highest BCUT2D eigenvalue weighted by Crippen LogP contribution is 2.48. The van der Waals surface area contributed by atoms with Crippen molar-refractivity contribution in [3.8, 4) is 0 Å². The zero-order valence-corrected chi connectivity index (χ0v) is 14.6. The molecular weight excluding hydrogens is 332 g/mol. The third-order valence-electron chi connectivity index (χ3n) is 5.49. The van der Waals surface area contributed by atoms with Gasteiger partial charge in [0.25, 0.3) is 0 Å². The minimum absolute atomic E-state index is 0.0792. The average molecular weight is 352 g/mol.